The minimum Gasteiger partial charge on any atom is -0.326 e. The molecule has 72 valence electrons. The zero-order chi connectivity index (χ0) is 9.57. The van der Waals surface area contributed by atoms with E-state index in [1.54, 1.807) is 0 Å². The predicted octanol–water partition coefficient (Wildman–Crippen LogP) is 0.840. The summed E-state index contributed by atoms with van der Waals surface area (Å²) in [5.41, 5.74) is 6.00. The van der Waals surface area contributed by atoms with Gasteiger partial charge in [-0.3, -0.25) is 5.84 Å². The third-order valence-electron chi connectivity index (χ3n) is 3.25. The SMILES string of the molecule is CC1(C)CCC(N)C(C)(C)N1N. The first-order valence-electron chi connectivity index (χ1n) is 4.59. The molecule has 0 radical (unpaired) electrons. The molecule has 1 aliphatic rings. The molecule has 12 heavy (non-hydrogen) atoms. The van der Waals surface area contributed by atoms with Crippen LogP contribution in [0.15, 0.2) is 0 Å². The van der Waals surface area contributed by atoms with E-state index in [2.05, 4.69) is 27.7 Å². The number of nitrogens with zero attached hydrogens (tertiary/aromatic N) is 1. The second-order valence-corrected chi connectivity index (χ2v) is 4.98. The van der Waals surface area contributed by atoms with Gasteiger partial charge in [0.1, 0.15) is 0 Å². The van der Waals surface area contributed by atoms with Gasteiger partial charge in [0.2, 0.25) is 0 Å². The van der Waals surface area contributed by atoms with Gasteiger partial charge in [-0.1, -0.05) is 0 Å². The summed E-state index contributed by atoms with van der Waals surface area (Å²) in [6.45, 7) is 8.55. The van der Waals surface area contributed by atoms with Crippen molar-refractivity contribution in [1.82, 2.24) is 5.01 Å². The molecule has 4 N–H and O–H groups in total. The van der Waals surface area contributed by atoms with Gasteiger partial charge in [-0.05, 0) is 40.5 Å². The van der Waals surface area contributed by atoms with Gasteiger partial charge in [-0.25, -0.2) is 5.01 Å². The number of hydrogen-bond donors (Lipinski definition) is 2. The smallest absolute Gasteiger partial charge is 0.0452 e. The first-order valence-corrected chi connectivity index (χ1v) is 4.59. The highest BCUT2D eigenvalue weighted by molar-refractivity contribution is 5.00. The molecule has 0 spiro atoms. The Morgan fingerprint density at radius 3 is 2.17 bits per heavy atom. The molecule has 1 heterocycles. The second-order valence-electron chi connectivity index (χ2n) is 4.98. The molecular formula is C9H21N3. The van der Waals surface area contributed by atoms with Crippen LogP contribution in [0.4, 0.5) is 0 Å². The molecule has 0 saturated carbocycles. The maximum Gasteiger partial charge on any atom is 0.0452 e. The first-order chi connectivity index (χ1) is 5.28. The van der Waals surface area contributed by atoms with Crippen LogP contribution in [0, 0.1) is 0 Å². The van der Waals surface area contributed by atoms with E-state index >= 15 is 0 Å². The predicted molar refractivity (Wildman–Crippen MR) is 51.4 cm³/mol. The molecule has 0 aromatic heterocycles. The molecule has 3 heteroatoms. The standard InChI is InChI=1S/C9H21N3/c1-8(2)6-5-7(10)9(3,4)12(8)11/h7H,5-6,10-11H2,1-4H3. The Bertz CT molecular complexity index is 175. The zero-order valence-corrected chi connectivity index (χ0v) is 8.59. The zero-order valence-electron chi connectivity index (χ0n) is 8.59. The van der Waals surface area contributed by atoms with Gasteiger partial charge >= 0.3 is 0 Å². The molecule has 0 aromatic rings. The summed E-state index contributed by atoms with van der Waals surface area (Å²) < 4.78 is 0. The summed E-state index contributed by atoms with van der Waals surface area (Å²) in [7, 11) is 0. The number of nitrogens with two attached hydrogens (primary N) is 2. The summed E-state index contributed by atoms with van der Waals surface area (Å²) in [5.74, 6) is 6.03. The van der Waals surface area contributed by atoms with E-state index in [1.807, 2.05) is 5.01 Å². The van der Waals surface area contributed by atoms with Gasteiger partial charge in [0.25, 0.3) is 0 Å². The molecule has 0 bridgehead atoms. The molecule has 1 unspecified atom stereocenters. The van der Waals surface area contributed by atoms with Crippen LogP contribution < -0.4 is 11.6 Å². The lowest BCUT2D eigenvalue weighted by Crippen LogP contribution is -2.69. The van der Waals surface area contributed by atoms with E-state index in [4.69, 9.17) is 11.6 Å². The largest absolute Gasteiger partial charge is 0.326 e. The minimum atomic E-state index is -0.0816. The highest BCUT2D eigenvalue weighted by atomic mass is 15.5. The quantitative estimate of drug-likeness (QED) is 0.531. The van der Waals surface area contributed by atoms with Crippen LogP contribution in [0.1, 0.15) is 40.5 Å². The van der Waals surface area contributed by atoms with E-state index in [9.17, 15) is 0 Å². The average Bonchev–Trinajstić information content (AvgIpc) is 1.96. The normalized spacial score (nSPS) is 35.0. The minimum absolute atomic E-state index is 0.0816. The van der Waals surface area contributed by atoms with Gasteiger partial charge in [0, 0.05) is 17.1 Å². The Morgan fingerprint density at radius 1 is 1.25 bits per heavy atom. The monoisotopic (exact) mass is 171 g/mol. The fourth-order valence-corrected chi connectivity index (χ4v) is 1.94. The van der Waals surface area contributed by atoms with Crippen molar-refractivity contribution in [3.63, 3.8) is 0 Å². The van der Waals surface area contributed by atoms with Crippen molar-refractivity contribution in [2.24, 2.45) is 11.6 Å². The second kappa shape index (κ2) is 2.69. The van der Waals surface area contributed by atoms with Crippen LogP contribution in [0.5, 0.6) is 0 Å². The van der Waals surface area contributed by atoms with Gasteiger partial charge in [0.15, 0.2) is 0 Å². The van der Waals surface area contributed by atoms with E-state index in [1.165, 1.54) is 0 Å². The highest BCUT2D eigenvalue weighted by Crippen LogP contribution is 2.34. The van der Waals surface area contributed by atoms with Crippen LogP contribution in [0.3, 0.4) is 0 Å². The summed E-state index contributed by atoms with van der Waals surface area (Å²) in [6.07, 6.45) is 2.14. The van der Waals surface area contributed by atoms with Crippen molar-refractivity contribution in [3.8, 4) is 0 Å². The number of hydrogen-bond acceptors (Lipinski definition) is 3. The molecule has 0 aliphatic carbocycles. The fourth-order valence-electron chi connectivity index (χ4n) is 1.94. The first kappa shape index (κ1) is 9.96. The molecule has 1 fully saturated rings. The molecule has 0 amide bonds. The van der Waals surface area contributed by atoms with Gasteiger partial charge in [-0.2, -0.15) is 0 Å². The van der Waals surface area contributed by atoms with Crippen molar-refractivity contribution in [3.05, 3.63) is 0 Å². The van der Waals surface area contributed by atoms with Crippen molar-refractivity contribution in [2.75, 3.05) is 0 Å². The maximum absolute atomic E-state index is 6.03. The molecule has 0 aromatic carbocycles. The van der Waals surface area contributed by atoms with E-state index in [0.29, 0.717) is 0 Å². The lowest BCUT2D eigenvalue weighted by Gasteiger charge is -2.53. The summed E-state index contributed by atoms with van der Waals surface area (Å²) in [6, 6.07) is 0.190. The van der Waals surface area contributed by atoms with Gasteiger partial charge < -0.3 is 5.73 Å². The van der Waals surface area contributed by atoms with Crippen molar-refractivity contribution in [2.45, 2.75) is 57.7 Å². The molecule has 1 saturated heterocycles. The summed E-state index contributed by atoms with van der Waals surface area (Å²) in [5, 5.41) is 1.91. The third-order valence-corrected chi connectivity index (χ3v) is 3.25. The Labute approximate surface area is 75.1 Å². The Hall–Kier alpha value is -0.120. The van der Waals surface area contributed by atoms with E-state index in [0.717, 1.165) is 12.8 Å². The lowest BCUT2D eigenvalue weighted by atomic mass is 9.78. The van der Waals surface area contributed by atoms with E-state index < -0.39 is 0 Å². The topological polar surface area (TPSA) is 55.3 Å². The average molecular weight is 171 g/mol. The summed E-state index contributed by atoms with van der Waals surface area (Å²) >= 11 is 0. The number of rotatable bonds is 0. The van der Waals surface area contributed by atoms with Crippen molar-refractivity contribution in [1.29, 1.82) is 0 Å². The van der Waals surface area contributed by atoms with E-state index in [-0.39, 0.29) is 17.1 Å². The van der Waals surface area contributed by atoms with Gasteiger partial charge in [0.05, 0.1) is 0 Å². The van der Waals surface area contributed by atoms with Crippen molar-refractivity contribution < 1.29 is 0 Å². The Morgan fingerprint density at radius 2 is 1.75 bits per heavy atom. The molecular weight excluding hydrogens is 150 g/mol. The third kappa shape index (κ3) is 1.37. The maximum atomic E-state index is 6.03. The van der Waals surface area contributed by atoms with Crippen LogP contribution in [0.2, 0.25) is 0 Å². The van der Waals surface area contributed by atoms with Crippen LogP contribution in [-0.2, 0) is 0 Å². The summed E-state index contributed by atoms with van der Waals surface area (Å²) in [4.78, 5) is 0. The van der Waals surface area contributed by atoms with Gasteiger partial charge in [-0.15, -0.1) is 0 Å². The Kier molecular flexibility index (Phi) is 2.23. The molecule has 1 aliphatic heterocycles. The van der Waals surface area contributed by atoms with Crippen molar-refractivity contribution >= 4 is 0 Å². The lowest BCUT2D eigenvalue weighted by molar-refractivity contribution is -0.0408. The number of hydrazine groups is 1. The molecule has 1 atom stereocenters. The Balaban J connectivity index is 2.86. The highest BCUT2D eigenvalue weighted by Gasteiger charge is 2.43. The van der Waals surface area contributed by atoms with Crippen LogP contribution >= 0.6 is 0 Å². The molecule has 3 nitrogen and oxygen atoms in total. The van der Waals surface area contributed by atoms with Crippen LogP contribution in [-0.4, -0.2) is 22.1 Å². The van der Waals surface area contributed by atoms with Crippen LogP contribution in [0.25, 0.3) is 0 Å². The molecule has 1 rings (SSSR count). The number of piperidine rings is 1. The fraction of sp³-hybridized carbons (Fsp3) is 1.00.